The first-order chi connectivity index (χ1) is 20.3. The number of hydrogen-bond acceptors (Lipinski definition) is 3. The highest BCUT2D eigenvalue weighted by molar-refractivity contribution is 7.80. The standard InChI is InChI=1S/C35H35N5OS/c1-22-15-16-23(2)30(20-22)37-32(41)17-19-39-34(33(38-35(39)42)29-13-7-8-18-36-29)28-21-24(3)40(25(28)4)31-14-9-11-26-10-5-6-12-27(26)31/h5-16,18,20-21,33-34H,17,19H2,1-4H3,(H,37,41)(H,38,42)/t33-,34-/m0/s1. The normalized spacial score (nSPS) is 16.6. The summed E-state index contributed by atoms with van der Waals surface area (Å²) in [5.41, 5.74) is 8.53. The third-order valence-electron chi connectivity index (χ3n) is 8.24. The first-order valence-electron chi connectivity index (χ1n) is 14.3. The molecule has 7 heteroatoms. The van der Waals surface area contributed by atoms with E-state index in [2.05, 4.69) is 88.5 Å². The molecule has 6 rings (SSSR count). The molecule has 2 atom stereocenters. The number of fused-ring (bicyclic) bond motifs is 1. The van der Waals surface area contributed by atoms with Crippen LogP contribution in [0.3, 0.4) is 0 Å². The van der Waals surface area contributed by atoms with Crippen LogP contribution in [0.5, 0.6) is 0 Å². The van der Waals surface area contributed by atoms with E-state index in [4.69, 9.17) is 17.2 Å². The van der Waals surface area contributed by atoms with Crippen LogP contribution >= 0.6 is 12.2 Å². The van der Waals surface area contributed by atoms with Gasteiger partial charge in [-0.1, -0.05) is 54.6 Å². The lowest BCUT2D eigenvalue weighted by Gasteiger charge is -2.28. The van der Waals surface area contributed by atoms with E-state index in [9.17, 15) is 4.79 Å². The largest absolute Gasteiger partial charge is 0.352 e. The second-order valence-corrected chi connectivity index (χ2v) is 11.5. The zero-order chi connectivity index (χ0) is 29.4. The second kappa shape index (κ2) is 11.4. The van der Waals surface area contributed by atoms with Gasteiger partial charge in [0.1, 0.15) is 0 Å². The van der Waals surface area contributed by atoms with Gasteiger partial charge in [-0.2, -0.15) is 0 Å². The number of aromatic nitrogens is 2. The summed E-state index contributed by atoms with van der Waals surface area (Å²) < 4.78 is 2.33. The molecule has 0 bridgehead atoms. The van der Waals surface area contributed by atoms with Gasteiger partial charge in [0.25, 0.3) is 0 Å². The highest BCUT2D eigenvalue weighted by Gasteiger charge is 2.41. The van der Waals surface area contributed by atoms with Crippen LogP contribution < -0.4 is 10.6 Å². The van der Waals surface area contributed by atoms with Gasteiger partial charge in [-0.3, -0.25) is 9.78 Å². The molecule has 0 aliphatic carbocycles. The van der Waals surface area contributed by atoms with Crippen LogP contribution in [-0.4, -0.2) is 32.0 Å². The number of pyridine rings is 1. The first kappa shape index (κ1) is 27.7. The predicted molar refractivity (Wildman–Crippen MR) is 174 cm³/mol. The number of anilines is 1. The van der Waals surface area contributed by atoms with Crippen molar-refractivity contribution in [1.29, 1.82) is 0 Å². The minimum Gasteiger partial charge on any atom is -0.352 e. The maximum absolute atomic E-state index is 13.2. The van der Waals surface area contributed by atoms with Gasteiger partial charge in [-0.15, -0.1) is 0 Å². The Balaban J connectivity index is 1.36. The summed E-state index contributed by atoms with van der Waals surface area (Å²) >= 11 is 5.90. The number of carbonyl (C=O) groups excluding carboxylic acids is 1. The molecule has 0 spiro atoms. The summed E-state index contributed by atoms with van der Waals surface area (Å²) in [4.78, 5) is 20.0. The molecule has 0 saturated carbocycles. The van der Waals surface area contributed by atoms with Crippen molar-refractivity contribution in [3.8, 4) is 5.69 Å². The van der Waals surface area contributed by atoms with E-state index in [1.165, 1.54) is 16.3 Å². The number of nitrogens with zero attached hydrogens (tertiary/aromatic N) is 3. The molecule has 212 valence electrons. The smallest absolute Gasteiger partial charge is 0.226 e. The van der Waals surface area contributed by atoms with E-state index in [1.807, 2.05) is 50.4 Å². The number of aryl methyl sites for hydroxylation is 3. The van der Waals surface area contributed by atoms with Gasteiger partial charge in [0.2, 0.25) is 5.91 Å². The fraction of sp³-hybridized carbons (Fsp3) is 0.229. The van der Waals surface area contributed by atoms with E-state index >= 15 is 0 Å². The van der Waals surface area contributed by atoms with Crippen molar-refractivity contribution < 1.29 is 4.79 Å². The van der Waals surface area contributed by atoms with Gasteiger partial charge in [0.05, 0.1) is 23.5 Å². The lowest BCUT2D eigenvalue weighted by molar-refractivity contribution is -0.116. The Kier molecular flexibility index (Phi) is 7.52. The molecule has 3 heterocycles. The van der Waals surface area contributed by atoms with Crippen LogP contribution in [0.15, 0.2) is 91.1 Å². The molecule has 2 N–H and O–H groups in total. The van der Waals surface area contributed by atoms with Gasteiger partial charge in [-0.25, -0.2) is 0 Å². The topological polar surface area (TPSA) is 62.2 Å². The Bertz CT molecular complexity index is 1790. The monoisotopic (exact) mass is 573 g/mol. The lowest BCUT2D eigenvalue weighted by Crippen LogP contribution is -2.33. The van der Waals surface area contributed by atoms with E-state index in [1.54, 1.807) is 0 Å². The molecular formula is C35H35N5OS. The van der Waals surface area contributed by atoms with Crippen LogP contribution in [0.1, 0.15) is 52.3 Å². The molecule has 1 fully saturated rings. The van der Waals surface area contributed by atoms with Crippen molar-refractivity contribution in [2.24, 2.45) is 0 Å². The molecule has 6 nitrogen and oxygen atoms in total. The van der Waals surface area contributed by atoms with Crippen molar-refractivity contribution in [2.75, 3.05) is 11.9 Å². The van der Waals surface area contributed by atoms with Crippen LogP contribution in [0.4, 0.5) is 5.69 Å². The number of thiocarbonyl (C=S) groups is 1. The van der Waals surface area contributed by atoms with Crippen molar-refractivity contribution in [3.63, 3.8) is 0 Å². The third kappa shape index (κ3) is 5.16. The van der Waals surface area contributed by atoms with Gasteiger partial charge < -0.3 is 20.1 Å². The molecule has 1 saturated heterocycles. The van der Waals surface area contributed by atoms with Crippen LogP contribution in [0.25, 0.3) is 16.5 Å². The van der Waals surface area contributed by atoms with Crippen molar-refractivity contribution in [3.05, 3.63) is 125 Å². The van der Waals surface area contributed by atoms with E-state index in [0.717, 1.165) is 39.6 Å². The zero-order valence-corrected chi connectivity index (χ0v) is 25.2. The fourth-order valence-corrected chi connectivity index (χ4v) is 6.48. The summed E-state index contributed by atoms with van der Waals surface area (Å²) in [5.74, 6) is -0.0345. The Labute approximate surface area is 252 Å². The highest BCUT2D eigenvalue weighted by Crippen LogP contribution is 2.42. The minimum atomic E-state index is -0.151. The van der Waals surface area contributed by atoms with E-state index in [0.29, 0.717) is 18.1 Å². The van der Waals surface area contributed by atoms with Gasteiger partial charge in [0, 0.05) is 41.6 Å². The lowest BCUT2D eigenvalue weighted by atomic mass is 9.96. The molecule has 0 radical (unpaired) electrons. The van der Waals surface area contributed by atoms with Gasteiger partial charge >= 0.3 is 0 Å². The van der Waals surface area contributed by atoms with Crippen LogP contribution in [-0.2, 0) is 4.79 Å². The Morgan fingerprint density at radius 3 is 2.55 bits per heavy atom. The van der Waals surface area contributed by atoms with Crippen LogP contribution in [0.2, 0.25) is 0 Å². The highest BCUT2D eigenvalue weighted by atomic mass is 32.1. The average molecular weight is 574 g/mol. The molecule has 1 aliphatic rings. The maximum atomic E-state index is 13.2. The SMILES string of the molecule is Cc1ccc(C)c(NC(=O)CCN2C(=S)N[C@@H](c3ccccn3)[C@@H]2c2cc(C)n(-c3cccc4ccccc34)c2C)c1. The predicted octanol–water partition coefficient (Wildman–Crippen LogP) is 7.26. The number of amides is 1. The quantitative estimate of drug-likeness (QED) is 0.201. The second-order valence-electron chi connectivity index (χ2n) is 11.1. The summed E-state index contributed by atoms with van der Waals surface area (Å²) in [6.07, 6.45) is 2.12. The summed E-state index contributed by atoms with van der Waals surface area (Å²) in [5, 5.41) is 9.68. The number of carbonyl (C=O) groups is 1. The molecule has 3 aromatic carbocycles. The molecule has 2 aromatic heterocycles. The average Bonchev–Trinajstić information content (AvgIpc) is 3.48. The molecule has 1 amide bonds. The Morgan fingerprint density at radius 2 is 1.74 bits per heavy atom. The third-order valence-corrected chi connectivity index (χ3v) is 8.59. The number of rotatable bonds is 7. The Morgan fingerprint density at radius 1 is 0.952 bits per heavy atom. The molecule has 42 heavy (non-hydrogen) atoms. The summed E-state index contributed by atoms with van der Waals surface area (Å²) in [6, 6.07) is 29.0. The minimum absolute atomic E-state index is 0.0345. The number of benzene rings is 3. The van der Waals surface area contributed by atoms with Crippen molar-refractivity contribution >= 4 is 39.7 Å². The van der Waals surface area contributed by atoms with Gasteiger partial charge in [0.15, 0.2) is 5.11 Å². The van der Waals surface area contributed by atoms with Crippen molar-refractivity contribution in [1.82, 2.24) is 19.8 Å². The maximum Gasteiger partial charge on any atom is 0.226 e. The molecule has 0 unspecified atom stereocenters. The van der Waals surface area contributed by atoms with Gasteiger partial charge in [-0.05, 0) is 92.3 Å². The zero-order valence-electron chi connectivity index (χ0n) is 24.4. The number of hydrogen-bond donors (Lipinski definition) is 2. The molecule has 5 aromatic rings. The van der Waals surface area contributed by atoms with E-state index in [-0.39, 0.29) is 18.0 Å². The van der Waals surface area contributed by atoms with E-state index < -0.39 is 0 Å². The Hall–Kier alpha value is -4.49. The number of nitrogens with one attached hydrogen (secondary N) is 2. The van der Waals surface area contributed by atoms with Crippen LogP contribution in [0, 0.1) is 27.7 Å². The fourth-order valence-electron chi connectivity index (χ4n) is 6.15. The molecular weight excluding hydrogens is 538 g/mol. The summed E-state index contributed by atoms with van der Waals surface area (Å²) in [7, 11) is 0. The first-order valence-corrected chi connectivity index (χ1v) is 14.7. The summed E-state index contributed by atoms with van der Waals surface area (Å²) in [6.45, 7) is 8.84. The molecule has 1 aliphatic heterocycles. The van der Waals surface area contributed by atoms with Crippen molar-refractivity contribution in [2.45, 2.75) is 46.2 Å².